The van der Waals surface area contributed by atoms with Crippen LogP contribution in [0.2, 0.25) is 0 Å². The molecule has 1 aliphatic carbocycles. The monoisotopic (exact) mass is 463 g/mol. The Labute approximate surface area is 139 Å². The molecule has 5 nitrogen and oxygen atoms in total. The summed E-state index contributed by atoms with van der Waals surface area (Å²) >= 11 is 10.4. The summed E-state index contributed by atoms with van der Waals surface area (Å²) in [5.74, 6) is -0.818. The normalized spacial score (nSPS) is 14.6. The van der Waals surface area contributed by atoms with Crippen LogP contribution in [-0.4, -0.2) is 26.1 Å². The van der Waals surface area contributed by atoms with Crippen molar-refractivity contribution in [2.45, 2.75) is 18.8 Å². The molecule has 8 heteroatoms. The summed E-state index contributed by atoms with van der Waals surface area (Å²) in [6.45, 7) is 0. The van der Waals surface area contributed by atoms with Gasteiger partial charge in [-0.05, 0) is 56.8 Å². The van der Waals surface area contributed by atoms with Crippen molar-refractivity contribution in [1.82, 2.24) is 15.0 Å². The molecule has 0 aliphatic heterocycles. The third-order valence-corrected chi connectivity index (χ3v) is 4.73. The van der Waals surface area contributed by atoms with Gasteiger partial charge in [0.05, 0.1) is 11.4 Å². The lowest BCUT2D eigenvalue weighted by Crippen LogP contribution is -2.07. The van der Waals surface area contributed by atoms with Crippen LogP contribution in [0.4, 0.5) is 0 Å². The molecule has 0 radical (unpaired) electrons. The third-order valence-electron chi connectivity index (χ3n) is 3.07. The lowest BCUT2D eigenvalue weighted by molar-refractivity contribution is 0.0689. The van der Waals surface area contributed by atoms with Gasteiger partial charge in [-0.2, -0.15) is 0 Å². The minimum absolute atomic E-state index is 0.0363. The van der Waals surface area contributed by atoms with Crippen molar-refractivity contribution in [1.29, 1.82) is 0 Å². The molecule has 3 rings (SSSR count). The van der Waals surface area contributed by atoms with E-state index in [1.807, 2.05) is 12.1 Å². The minimum atomic E-state index is -1.04. The summed E-state index contributed by atoms with van der Waals surface area (Å²) in [5.41, 5.74) is 1.46. The molecule has 1 heterocycles. The van der Waals surface area contributed by atoms with Crippen LogP contribution < -0.4 is 0 Å². The lowest BCUT2D eigenvalue weighted by atomic mass is 10.2. The first-order valence-corrected chi connectivity index (χ1v) is 8.20. The van der Waals surface area contributed by atoms with Gasteiger partial charge >= 0.3 is 5.97 Å². The number of nitrogens with zero attached hydrogens (tertiary/aromatic N) is 3. The Kier molecular flexibility index (Phi) is 3.72. The number of carboxylic acid groups (broad SMARTS) is 1. The van der Waals surface area contributed by atoms with Crippen molar-refractivity contribution in [3.8, 4) is 5.69 Å². The topological polar surface area (TPSA) is 68.0 Å². The molecule has 1 aromatic heterocycles. The van der Waals surface area contributed by atoms with E-state index in [1.165, 1.54) is 0 Å². The van der Waals surface area contributed by atoms with Crippen LogP contribution in [0, 0.1) is 0 Å². The maximum absolute atomic E-state index is 11.3. The van der Waals surface area contributed by atoms with Crippen LogP contribution in [0.5, 0.6) is 0 Å². The van der Waals surface area contributed by atoms with E-state index in [1.54, 1.807) is 4.68 Å². The number of benzene rings is 1. The van der Waals surface area contributed by atoms with Gasteiger partial charge in [0, 0.05) is 19.3 Å². The van der Waals surface area contributed by atoms with E-state index in [0.717, 1.165) is 31.9 Å². The molecule has 1 aliphatic rings. The molecular weight excluding hydrogens is 458 g/mol. The van der Waals surface area contributed by atoms with Gasteiger partial charge < -0.3 is 5.11 Å². The second-order valence-electron chi connectivity index (χ2n) is 4.53. The summed E-state index contributed by atoms with van der Waals surface area (Å²) < 4.78 is 4.14. The predicted octanol–water partition coefficient (Wildman–Crippen LogP) is 4.13. The summed E-state index contributed by atoms with van der Waals surface area (Å²) in [7, 11) is 0. The van der Waals surface area contributed by atoms with Crippen molar-refractivity contribution in [3.05, 3.63) is 36.9 Å². The maximum Gasteiger partial charge on any atom is 0.358 e. The quantitative estimate of drug-likeness (QED) is 0.740. The fraction of sp³-hybridized carbons (Fsp3) is 0.250. The van der Waals surface area contributed by atoms with Gasteiger partial charge in [-0.3, -0.25) is 0 Å². The van der Waals surface area contributed by atoms with E-state index < -0.39 is 5.97 Å². The van der Waals surface area contributed by atoms with Crippen molar-refractivity contribution in [2.75, 3.05) is 0 Å². The molecule has 20 heavy (non-hydrogen) atoms. The van der Waals surface area contributed by atoms with Crippen LogP contribution in [0.25, 0.3) is 5.69 Å². The molecule has 0 bridgehead atoms. The molecule has 1 fully saturated rings. The average Bonchev–Trinajstić information content (AvgIpc) is 3.08. The van der Waals surface area contributed by atoms with Gasteiger partial charge in [0.25, 0.3) is 0 Å². The van der Waals surface area contributed by atoms with Gasteiger partial charge in [0.1, 0.15) is 0 Å². The van der Waals surface area contributed by atoms with E-state index in [4.69, 9.17) is 0 Å². The third kappa shape index (κ3) is 2.44. The second-order valence-corrected chi connectivity index (χ2v) is 7.16. The van der Waals surface area contributed by atoms with E-state index in [2.05, 4.69) is 58.1 Å². The first-order chi connectivity index (χ1) is 9.49. The largest absolute Gasteiger partial charge is 0.476 e. The second kappa shape index (κ2) is 5.23. The Morgan fingerprint density at radius 3 is 2.35 bits per heavy atom. The van der Waals surface area contributed by atoms with Gasteiger partial charge in [0.15, 0.2) is 5.69 Å². The molecule has 0 saturated heterocycles. The first kappa shape index (κ1) is 14.2. The van der Waals surface area contributed by atoms with Crippen LogP contribution in [-0.2, 0) is 0 Å². The predicted molar refractivity (Wildman–Crippen MR) is 83.4 cm³/mol. The molecule has 0 unspecified atom stereocenters. The van der Waals surface area contributed by atoms with Gasteiger partial charge in [0.2, 0.25) is 0 Å². The highest BCUT2D eigenvalue weighted by Gasteiger charge is 2.35. The molecule has 0 amide bonds. The smallest absolute Gasteiger partial charge is 0.358 e. The Hall–Kier alpha value is -0.730. The zero-order valence-electron chi connectivity index (χ0n) is 9.98. The number of halogens is 3. The number of carbonyl (C=O) groups is 1. The van der Waals surface area contributed by atoms with Crippen LogP contribution in [0.1, 0.15) is 34.9 Å². The van der Waals surface area contributed by atoms with E-state index >= 15 is 0 Å². The molecule has 1 saturated carbocycles. The van der Waals surface area contributed by atoms with Gasteiger partial charge in [-0.1, -0.05) is 21.1 Å². The number of rotatable bonds is 3. The maximum atomic E-state index is 11.3. The molecule has 0 atom stereocenters. The Morgan fingerprint density at radius 2 is 1.85 bits per heavy atom. The Balaban J connectivity index is 2.23. The fourth-order valence-corrected chi connectivity index (χ4v) is 4.66. The number of hydrogen-bond acceptors (Lipinski definition) is 3. The highest BCUT2D eigenvalue weighted by atomic mass is 79.9. The lowest BCUT2D eigenvalue weighted by Gasteiger charge is -2.11. The molecule has 104 valence electrons. The van der Waals surface area contributed by atoms with E-state index in [0.29, 0.717) is 5.69 Å². The summed E-state index contributed by atoms with van der Waals surface area (Å²) in [6.07, 6.45) is 1.94. The van der Waals surface area contributed by atoms with E-state index in [9.17, 15) is 9.90 Å². The summed E-state index contributed by atoms with van der Waals surface area (Å²) in [6, 6.07) is 3.78. The average molecular weight is 466 g/mol. The molecule has 1 aromatic carbocycles. The molecular formula is C12H8Br3N3O2. The van der Waals surface area contributed by atoms with Gasteiger partial charge in [-0.15, -0.1) is 5.10 Å². The van der Waals surface area contributed by atoms with Crippen molar-refractivity contribution in [3.63, 3.8) is 0 Å². The number of hydrogen-bond donors (Lipinski definition) is 1. The van der Waals surface area contributed by atoms with Crippen LogP contribution in [0.15, 0.2) is 25.6 Å². The highest BCUT2D eigenvalue weighted by molar-refractivity contribution is 9.11. The fourth-order valence-electron chi connectivity index (χ4n) is 2.07. The molecule has 1 N–H and O–H groups in total. The molecule has 2 aromatic rings. The van der Waals surface area contributed by atoms with Crippen molar-refractivity contribution < 1.29 is 9.90 Å². The SMILES string of the molecule is O=C(O)c1nnn(-c2c(Br)cc(Br)cc2Br)c1C1CC1. The Bertz CT molecular complexity index is 687. The zero-order chi connectivity index (χ0) is 14.4. The minimum Gasteiger partial charge on any atom is -0.476 e. The van der Waals surface area contributed by atoms with Crippen molar-refractivity contribution >= 4 is 53.8 Å². The number of carboxylic acids is 1. The van der Waals surface area contributed by atoms with Gasteiger partial charge in [-0.25, -0.2) is 9.48 Å². The first-order valence-electron chi connectivity index (χ1n) is 5.83. The number of aromatic nitrogens is 3. The summed E-state index contributed by atoms with van der Waals surface area (Å²) in [5, 5.41) is 17.1. The Morgan fingerprint density at radius 1 is 1.25 bits per heavy atom. The highest BCUT2D eigenvalue weighted by Crippen LogP contribution is 2.43. The van der Waals surface area contributed by atoms with Crippen LogP contribution >= 0.6 is 47.8 Å². The molecule has 0 spiro atoms. The summed E-state index contributed by atoms with van der Waals surface area (Å²) in [4.78, 5) is 11.3. The zero-order valence-corrected chi connectivity index (χ0v) is 14.7. The van der Waals surface area contributed by atoms with Crippen molar-refractivity contribution in [2.24, 2.45) is 0 Å². The van der Waals surface area contributed by atoms with E-state index in [-0.39, 0.29) is 11.6 Å². The van der Waals surface area contributed by atoms with Crippen LogP contribution in [0.3, 0.4) is 0 Å². The standard InChI is InChI=1S/C12H8Br3N3O2/c13-6-3-7(14)11(8(15)4-6)18-10(5-1-2-5)9(12(19)20)16-17-18/h3-5H,1-2H2,(H,19,20). The number of aromatic carboxylic acids is 1.